The molecule has 0 radical (unpaired) electrons. The molecule has 0 bridgehead atoms. The van der Waals surface area contributed by atoms with Crippen molar-refractivity contribution in [2.24, 2.45) is 0 Å². The van der Waals surface area contributed by atoms with Crippen LogP contribution in [-0.4, -0.2) is 15.4 Å². The number of carbonyl (C=O) groups excluding carboxylic acids is 1. The van der Waals surface area contributed by atoms with Crippen LogP contribution < -0.4 is 14.8 Å². The molecule has 130 valence electrons. The number of aryl methyl sites for hydroxylation is 2. The summed E-state index contributed by atoms with van der Waals surface area (Å²) in [5.74, 6) is 0.121. The zero-order valence-corrected chi connectivity index (χ0v) is 15.4. The predicted molar refractivity (Wildman–Crippen MR) is 103 cm³/mol. The number of nitrogens with zero attached hydrogens (tertiary/aromatic N) is 2. The fourth-order valence-corrected chi connectivity index (χ4v) is 3.85. The summed E-state index contributed by atoms with van der Waals surface area (Å²) in [5, 5.41) is 0. The predicted octanol–water partition coefficient (Wildman–Crippen LogP) is 3.00. The van der Waals surface area contributed by atoms with Crippen LogP contribution in [0.15, 0.2) is 41.2 Å². The summed E-state index contributed by atoms with van der Waals surface area (Å²) in [7, 11) is 0. The van der Waals surface area contributed by atoms with Gasteiger partial charge in [0.05, 0.1) is 15.6 Å². The lowest BCUT2D eigenvalue weighted by Gasteiger charge is -2.00. The molecule has 4 aromatic rings. The third kappa shape index (κ3) is 2.78. The zero-order valence-electron chi connectivity index (χ0n) is 14.6. The Bertz CT molecular complexity index is 1270. The Hall–Kier alpha value is -2.99. The first-order valence-corrected chi connectivity index (χ1v) is 8.96. The van der Waals surface area contributed by atoms with Gasteiger partial charge in [0, 0.05) is 6.92 Å². The molecular weight excluding hydrogens is 348 g/mol. The average molecular weight is 364 g/mol. The number of esters is 1. The van der Waals surface area contributed by atoms with E-state index >= 15 is 0 Å². The second kappa shape index (κ2) is 6.07. The van der Waals surface area contributed by atoms with E-state index in [2.05, 4.69) is 4.98 Å². The molecule has 2 aromatic heterocycles. The number of thiazole rings is 1. The molecule has 0 amide bonds. The molecule has 4 rings (SSSR count). The molecular formula is C20H16N2O3S. The average Bonchev–Trinajstić information content (AvgIpc) is 3.06. The van der Waals surface area contributed by atoms with Crippen molar-refractivity contribution in [3.8, 4) is 5.75 Å². The van der Waals surface area contributed by atoms with E-state index < -0.39 is 0 Å². The maximum absolute atomic E-state index is 12.8. The summed E-state index contributed by atoms with van der Waals surface area (Å²) in [6.45, 7) is 5.43. The molecule has 0 fully saturated rings. The molecule has 0 N–H and O–H groups in total. The minimum Gasteiger partial charge on any atom is -0.427 e. The van der Waals surface area contributed by atoms with Crippen molar-refractivity contribution in [2.75, 3.05) is 0 Å². The van der Waals surface area contributed by atoms with E-state index in [0.29, 0.717) is 15.2 Å². The molecule has 26 heavy (non-hydrogen) atoms. The summed E-state index contributed by atoms with van der Waals surface area (Å²) in [4.78, 5) is 29.1. The fourth-order valence-electron chi connectivity index (χ4n) is 2.87. The number of aromatic nitrogens is 2. The van der Waals surface area contributed by atoms with Gasteiger partial charge in [0.15, 0.2) is 4.96 Å². The molecule has 5 nitrogen and oxygen atoms in total. The van der Waals surface area contributed by atoms with Crippen molar-refractivity contribution in [1.82, 2.24) is 9.38 Å². The standard InChI is InChI=1S/C20H16N2O3S/c1-11-8-16-17(9-12(11)2)22-19(24)18(26-20(22)21-16)10-14-4-6-15(7-5-14)25-13(3)23/h4-10H,1-3H3. The maximum atomic E-state index is 12.8. The van der Waals surface area contributed by atoms with Crippen molar-refractivity contribution >= 4 is 39.4 Å². The summed E-state index contributed by atoms with van der Waals surface area (Å²) in [5.41, 5.74) is 4.77. The van der Waals surface area contributed by atoms with Gasteiger partial charge in [-0.25, -0.2) is 9.38 Å². The molecule has 0 atom stereocenters. The smallest absolute Gasteiger partial charge is 0.308 e. The normalized spacial score (nSPS) is 12.2. The molecule has 2 heterocycles. The van der Waals surface area contributed by atoms with Crippen molar-refractivity contribution in [2.45, 2.75) is 20.8 Å². The summed E-state index contributed by atoms with van der Waals surface area (Å²) >= 11 is 1.37. The van der Waals surface area contributed by atoms with Gasteiger partial charge < -0.3 is 4.74 Å². The van der Waals surface area contributed by atoms with Crippen LogP contribution in [0.2, 0.25) is 0 Å². The Morgan fingerprint density at radius 3 is 2.54 bits per heavy atom. The van der Waals surface area contributed by atoms with Gasteiger partial charge in [-0.15, -0.1) is 0 Å². The molecule has 0 aliphatic carbocycles. The Balaban J connectivity index is 1.83. The molecule has 0 spiro atoms. The van der Waals surface area contributed by atoms with E-state index in [1.54, 1.807) is 16.5 Å². The van der Waals surface area contributed by atoms with Gasteiger partial charge in [-0.05, 0) is 60.9 Å². The van der Waals surface area contributed by atoms with Crippen LogP contribution in [0.5, 0.6) is 5.75 Å². The van der Waals surface area contributed by atoms with Gasteiger partial charge >= 0.3 is 5.97 Å². The highest BCUT2D eigenvalue weighted by Gasteiger charge is 2.12. The third-order valence-corrected chi connectivity index (χ3v) is 5.26. The van der Waals surface area contributed by atoms with Crippen molar-refractivity contribution in [3.05, 3.63) is 68.0 Å². The molecule has 0 aliphatic rings. The number of hydrogen-bond acceptors (Lipinski definition) is 5. The van der Waals surface area contributed by atoms with Crippen LogP contribution in [0.4, 0.5) is 0 Å². The number of fused-ring (bicyclic) bond motifs is 3. The molecule has 0 saturated heterocycles. The van der Waals surface area contributed by atoms with Crippen LogP contribution in [-0.2, 0) is 4.79 Å². The lowest BCUT2D eigenvalue weighted by atomic mass is 10.1. The van der Waals surface area contributed by atoms with Crippen LogP contribution in [0.25, 0.3) is 22.1 Å². The molecule has 0 aliphatic heterocycles. The van der Waals surface area contributed by atoms with Gasteiger partial charge in [-0.2, -0.15) is 0 Å². The Kier molecular flexibility index (Phi) is 3.85. The van der Waals surface area contributed by atoms with E-state index in [9.17, 15) is 9.59 Å². The van der Waals surface area contributed by atoms with E-state index in [-0.39, 0.29) is 11.5 Å². The minimum atomic E-state index is -0.361. The highest BCUT2D eigenvalue weighted by molar-refractivity contribution is 7.15. The van der Waals surface area contributed by atoms with E-state index in [0.717, 1.165) is 27.7 Å². The van der Waals surface area contributed by atoms with Gasteiger partial charge in [0.1, 0.15) is 5.75 Å². The topological polar surface area (TPSA) is 60.7 Å². The van der Waals surface area contributed by atoms with E-state index in [4.69, 9.17) is 4.74 Å². The van der Waals surface area contributed by atoms with Crippen LogP contribution >= 0.6 is 11.3 Å². The number of imidazole rings is 1. The van der Waals surface area contributed by atoms with E-state index in [1.165, 1.54) is 18.3 Å². The summed E-state index contributed by atoms with van der Waals surface area (Å²) in [6, 6.07) is 11.1. The van der Waals surface area contributed by atoms with Crippen LogP contribution in [0.3, 0.4) is 0 Å². The lowest BCUT2D eigenvalue weighted by Crippen LogP contribution is -2.22. The van der Waals surface area contributed by atoms with Crippen molar-refractivity contribution < 1.29 is 9.53 Å². The first-order chi connectivity index (χ1) is 12.4. The maximum Gasteiger partial charge on any atom is 0.308 e. The number of carbonyl (C=O) groups is 1. The Morgan fingerprint density at radius 1 is 1.15 bits per heavy atom. The molecule has 2 aromatic carbocycles. The first kappa shape index (κ1) is 16.5. The lowest BCUT2D eigenvalue weighted by molar-refractivity contribution is -0.131. The van der Waals surface area contributed by atoms with Gasteiger partial charge in [-0.3, -0.25) is 9.59 Å². The number of ether oxygens (including phenoxy) is 1. The van der Waals surface area contributed by atoms with Crippen molar-refractivity contribution in [1.29, 1.82) is 0 Å². The largest absolute Gasteiger partial charge is 0.427 e. The van der Waals surface area contributed by atoms with Gasteiger partial charge in [0.25, 0.3) is 5.56 Å². The summed E-state index contributed by atoms with van der Waals surface area (Å²) in [6.07, 6.45) is 1.83. The third-order valence-electron chi connectivity index (χ3n) is 4.29. The van der Waals surface area contributed by atoms with Crippen LogP contribution in [0.1, 0.15) is 23.6 Å². The van der Waals surface area contributed by atoms with Crippen LogP contribution in [0, 0.1) is 13.8 Å². The monoisotopic (exact) mass is 364 g/mol. The summed E-state index contributed by atoms with van der Waals surface area (Å²) < 4.78 is 7.31. The highest BCUT2D eigenvalue weighted by atomic mass is 32.1. The zero-order chi connectivity index (χ0) is 18.4. The quantitative estimate of drug-likeness (QED) is 0.405. The molecule has 6 heteroatoms. The highest BCUT2D eigenvalue weighted by Crippen LogP contribution is 2.20. The number of benzene rings is 2. The second-order valence-electron chi connectivity index (χ2n) is 6.23. The van der Waals surface area contributed by atoms with Gasteiger partial charge in [-0.1, -0.05) is 23.5 Å². The van der Waals surface area contributed by atoms with Gasteiger partial charge in [0.2, 0.25) is 0 Å². The SMILES string of the molecule is CC(=O)Oc1ccc(C=c2sc3nc4cc(C)c(C)cc4n3c2=O)cc1. The number of hydrogen-bond donors (Lipinski definition) is 0. The Labute approximate surface area is 153 Å². The fraction of sp³-hybridized carbons (Fsp3) is 0.150. The molecule has 0 unspecified atom stereocenters. The molecule has 0 saturated carbocycles. The first-order valence-electron chi connectivity index (χ1n) is 8.15. The minimum absolute atomic E-state index is 0.0696. The second-order valence-corrected chi connectivity index (χ2v) is 7.24. The van der Waals surface area contributed by atoms with Crippen molar-refractivity contribution in [3.63, 3.8) is 0 Å². The van der Waals surface area contributed by atoms with E-state index in [1.807, 2.05) is 44.2 Å². The Morgan fingerprint density at radius 2 is 1.85 bits per heavy atom. The number of rotatable bonds is 2.